The van der Waals surface area contributed by atoms with E-state index < -0.39 is 0 Å². The van der Waals surface area contributed by atoms with Crippen molar-refractivity contribution < 1.29 is 4.74 Å². The molecule has 20 heavy (non-hydrogen) atoms. The molecule has 1 aromatic heterocycles. The van der Waals surface area contributed by atoms with Gasteiger partial charge in [0, 0.05) is 13.2 Å². The minimum absolute atomic E-state index is 0.00911. The lowest BCUT2D eigenvalue weighted by molar-refractivity contribution is 0.0154. The molecular weight excluding hydrogens is 252 g/mol. The molecule has 2 aromatic rings. The van der Waals surface area contributed by atoms with Crippen LogP contribution in [-0.2, 0) is 24.6 Å². The van der Waals surface area contributed by atoms with Gasteiger partial charge < -0.3 is 4.74 Å². The van der Waals surface area contributed by atoms with E-state index in [0.717, 1.165) is 25.0 Å². The fraction of sp³-hybridized carbons (Fsp3) is 0.400. The van der Waals surface area contributed by atoms with E-state index in [-0.39, 0.29) is 12.1 Å². The van der Waals surface area contributed by atoms with Crippen LogP contribution in [0.25, 0.3) is 0 Å². The molecule has 2 unspecified atom stereocenters. The molecule has 5 heteroatoms. The summed E-state index contributed by atoms with van der Waals surface area (Å²) in [7, 11) is 1.92. The molecule has 5 nitrogen and oxygen atoms in total. The van der Waals surface area contributed by atoms with E-state index >= 15 is 0 Å². The average Bonchev–Trinajstić information content (AvgIpc) is 2.89. The minimum Gasteiger partial charge on any atom is -0.371 e. The van der Waals surface area contributed by atoms with Gasteiger partial charge in [0.25, 0.3) is 0 Å². The van der Waals surface area contributed by atoms with Crippen molar-refractivity contribution in [2.45, 2.75) is 25.0 Å². The fourth-order valence-electron chi connectivity index (χ4n) is 2.84. The number of aryl methyl sites for hydroxylation is 1. The van der Waals surface area contributed by atoms with Crippen molar-refractivity contribution in [3.05, 3.63) is 53.3 Å². The van der Waals surface area contributed by atoms with Crippen LogP contribution >= 0.6 is 0 Å². The maximum Gasteiger partial charge on any atom is 0.0997 e. The molecule has 0 fully saturated rings. The first-order valence-corrected chi connectivity index (χ1v) is 6.91. The standard InChI is InChI=1S/C15H20N4O/c1-19-10-11(9-17-19)8-14(18-16)15-13-5-3-2-4-12(13)6-7-20-15/h2-5,9-10,14-15,18H,6-8,16H2,1H3. The number of nitrogens with two attached hydrogens (primary N) is 1. The minimum atomic E-state index is -0.00911. The maximum atomic E-state index is 5.97. The van der Waals surface area contributed by atoms with Crippen molar-refractivity contribution >= 4 is 0 Å². The number of rotatable bonds is 4. The topological polar surface area (TPSA) is 65.1 Å². The van der Waals surface area contributed by atoms with Crippen LogP contribution in [0.5, 0.6) is 0 Å². The lowest BCUT2D eigenvalue weighted by Gasteiger charge is -2.32. The lowest BCUT2D eigenvalue weighted by Crippen LogP contribution is -2.43. The molecule has 0 saturated carbocycles. The van der Waals surface area contributed by atoms with Crippen LogP contribution in [0.1, 0.15) is 22.8 Å². The van der Waals surface area contributed by atoms with Crippen LogP contribution in [0, 0.1) is 0 Å². The van der Waals surface area contributed by atoms with E-state index in [1.54, 1.807) is 4.68 Å². The first-order chi connectivity index (χ1) is 9.78. The summed E-state index contributed by atoms with van der Waals surface area (Å²) in [5.41, 5.74) is 6.66. The van der Waals surface area contributed by atoms with Gasteiger partial charge in [-0.15, -0.1) is 0 Å². The van der Waals surface area contributed by atoms with Crippen molar-refractivity contribution in [1.29, 1.82) is 0 Å². The van der Waals surface area contributed by atoms with Crippen molar-refractivity contribution in [2.24, 2.45) is 12.9 Å². The Bertz CT molecular complexity index is 581. The zero-order valence-electron chi connectivity index (χ0n) is 11.6. The summed E-state index contributed by atoms with van der Waals surface area (Å²) in [6, 6.07) is 8.47. The van der Waals surface area contributed by atoms with Crippen LogP contribution in [0.4, 0.5) is 0 Å². The first-order valence-electron chi connectivity index (χ1n) is 6.91. The number of aromatic nitrogens is 2. The average molecular weight is 272 g/mol. The van der Waals surface area contributed by atoms with Crippen molar-refractivity contribution in [2.75, 3.05) is 6.61 Å². The molecule has 106 valence electrons. The zero-order chi connectivity index (χ0) is 13.9. The van der Waals surface area contributed by atoms with Crippen molar-refractivity contribution in [3.63, 3.8) is 0 Å². The second-order valence-corrected chi connectivity index (χ2v) is 5.24. The van der Waals surface area contributed by atoms with Gasteiger partial charge in [-0.25, -0.2) is 0 Å². The number of hydrogen-bond donors (Lipinski definition) is 2. The highest BCUT2D eigenvalue weighted by atomic mass is 16.5. The van der Waals surface area contributed by atoms with E-state index in [2.05, 4.69) is 34.8 Å². The smallest absolute Gasteiger partial charge is 0.0997 e. The number of ether oxygens (including phenoxy) is 1. The van der Waals surface area contributed by atoms with Crippen LogP contribution < -0.4 is 11.3 Å². The third kappa shape index (κ3) is 2.60. The SMILES string of the molecule is Cn1cc(CC(NN)C2OCCc3ccccc32)cn1. The molecule has 0 amide bonds. The highest BCUT2D eigenvalue weighted by molar-refractivity contribution is 5.32. The summed E-state index contributed by atoms with van der Waals surface area (Å²) < 4.78 is 7.77. The van der Waals surface area contributed by atoms with Crippen LogP contribution in [-0.4, -0.2) is 22.4 Å². The van der Waals surface area contributed by atoms with Crippen LogP contribution in [0.3, 0.4) is 0 Å². The quantitative estimate of drug-likeness (QED) is 0.646. The number of fused-ring (bicyclic) bond motifs is 1. The molecule has 0 aliphatic carbocycles. The summed E-state index contributed by atoms with van der Waals surface area (Å²) in [5, 5.41) is 4.20. The third-order valence-corrected chi connectivity index (χ3v) is 3.82. The molecule has 3 rings (SSSR count). The number of nitrogens with zero attached hydrogens (tertiary/aromatic N) is 2. The third-order valence-electron chi connectivity index (χ3n) is 3.82. The Labute approximate surface area is 118 Å². The molecule has 3 N–H and O–H groups in total. The predicted molar refractivity (Wildman–Crippen MR) is 76.9 cm³/mol. The Morgan fingerprint density at radius 1 is 1.50 bits per heavy atom. The Kier molecular flexibility index (Phi) is 3.82. The van der Waals surface area contributed by atoms with Crippen LogP contribution in [0.15, 0.2) is 36.7 Å². The van der Waals surface area contributed by atoms with Gasteiger partial charge in [0.2, 0.25) is 0 Å². The summed E-state index contributed by atoms with van der Waals surface area (Å²) in [4.78, 5) is 0. The predicted octanol–water partition coefficient (Wildman–Crippen LogP) is 1.11. The zero-order valence-corrected chi connectivity index (χ0v) is 11.6. The van der Waals surface area contributed by atoms with E-state index in [4.69, 9.17) is 10.6 Å². The highest BCUT2D eigenvalue weighted by Gasteiger charge is 2.28. The summed E-state index contributed by atoms with van der Waals surface area (Å²) in [6.45, 7) is 0.743. The molecule has 2 heterocycles. The number of benzene rings is 1. The molecule has 1 aromatic carbocycles. The van der Waals surface area contributed by atoms with E-state index in [9.17, 15) is 0 Å². The van der Waals surface area contributed by atoms with Gasteiger partial charge in [-0.05, 0) is 29.5 Å². The molecule has 0 radical (unpaired) electrons. The fourth-order valence-corrected chi connectivity index (χ4v) is 2.84. The van der Waals surface area contributed by atoms with E-state index in [0.29, 0.717) is 0 Å². The van der Waals surface area contributed by atoms with Gasteiger partial charge in [0.1, 0.15) is 0 Å². The van der Waals surface area contributed by atoms with Gasteiger partial charge in [0.15, 0.2) is 0 Å². The largest absolute Gasteiger partial charge is 0.371 e. The van der Waals surface area contributed by atoms with Gasteiger partial charge in [-0.1, -0.05) is 24.3 Å². The number of hydrogen-bond acceptors (Lipinski definition) is 4. The number of hydrazine groups is 1. The second-order valence-electron chi connectivity index (χ2n) is 5.24. The van der Waals surface area contributed by atoms with Crippen LogP contribution in [0.2, 0.25) is 0 Å². The number of nitrogens with one attached hydrogen (secondary N) is 1. The van der Waals surface area contributed by atoms with Gasteiger partial charge in [-0.2, -0.15) is 5.10 Å². The normalized spacial score (nSPS) is 19.6. The van der Waals surface area contributed by atoms with Crippen molar-refractivity contribution in [3.8, 4) is 0 Å². The van der Waals surface area contributed by atoms with Gasteiger partial charge in [-0.3, -0.25) is 16.0 Å². The molecule has 1 aliphatic heterocycles. The van der Waals surface area contributed by atoms with Gasteiger partial charge >= 0.3 is 0 Å². The Hall–Kier alpha value is -1.69. The molecule has 0 spiro atoms. The molecule has 0 bridgehead atoms. The molecular formula is C15H20N4O. The lowest BCUT2D eigenvalue weighted by atomic mass is 9.91. The Morgan fingerprint density at radius 3 is 3.10 bits per heavy atom. The summed E-state index contributed by atoms with van der Waals surface area (Å²) in [6.07, 6.45) is 5.64. The summed E-state index contributed by atoms with van der Waals surface area (Å²) >= 11 is 0. The van der Waals surface area contributed by atoms with E-state index in [1.165, 1.54) is 11.1 Å². The first kappa shape index (κ1) is 13.3. The summed E-state index contributed by atoms with van der Waals surface area (Å²) in [5.74, 6) is 5.76. The van der Waals surface area contributed by atoms with E-state index in [1.807, 2.05) is 19.4 Å². The second kappa shape index (κ2) is 5.75. The highest BCUT2D eigenvalue weighted by Crippen LogP contribution is 2.30. The molecule has 1 aliphatic rings. The maximum absolute atomic E-state index is 5.97. The monoisotopic (exact) mass is 272 g/mol. The Morgan fingerprint density at radius 2 is 2.35 bits per heavy atom. The van der Waals surface area contributed by atoms with Gasteiger partial charge in [0.05, 0.1) is 24.9 Å². The molecule has 2 atom stereocenters. The van der Waals surface area contributed by atoms with Crippen molar-refractivity contribution in [1.82, 2.24) is 15.2 Å². The Balaban J connectivity index is 1.83. The molecule has 0 saturated heterocycles.